The average molecular weight is 481 g/mol. The normalized spacial score (nSPS) is 15.8. The molecule has 1 unspecified atom stereocenters. The molecule has 0 amide bonds. The van der Waals surface area contributed by atoms with Gasteiger partial charge in [0.25, 0.3) is 0 Å². The summed E-state index contributed by atoms with van der Waals surface area (Å²) in [5.74, 6) is -1.09. The van der Waals surface area contributed by atoms with E-state index in [0.717, 1.165) is 19.4 Å². The van der Waals surface area contributed by atoms with E-state index in [1.54, 1.807) is 12.1 Å². The lowest BCUT2D eigenvalue weighted by molar-refractivity contribution is -0.131. The van der Waals surface area contributed by atoms with Gasteiger partial charge in [-0.05, 0) is 50.1 Å². The molecule has 1 fully saturated rings. The number of nitrogens with one attached hydrogen (secondary N) is 2. The van der Waals surface area contributed by atoms with Gasteiger partial charge in [0.15, 0.2) is 0 Å². The minimum Gasteiger partial charge on any atom is -0.506 e. The average Bonchev–Trinajstić information content (AvgIpc) is 2.75. The van der Waals surface area contributed by atoms with Crippen molar-refractivity contribution in [3.8, 4) is 11.5 Å². The Bertz CT molecular complexity index is 977. The van der Waals surface area contributed by atoms with Crippen molar-refractivity contribution in [2.24, 2.45) is 0 Å². The second-order valence-corrected chi connectivity index (χ2v) is 8.47. The molecule has 9 heteroatoms. The first-order valence-electron chi connectivity index (χ1n) is 10.5. The van der Waals surface area contributed by atoms with E-state index in [-0.39, 0.29) is 35.2 Å². The molecule has 7 nitrogen and oxygen atoms in total. The number of anilines is 1. The number of phenolic OH excluding ortho intramolecular Hbond substituents is 1. The standard InChI is InChI=1S/C23H26Cl2N2O5/c1-14(28)32-21-12-18(27-13-15-10-16(24)11-20(25)22(15)29)5-6-19(21)23(30)31-9-7-17-4-2-3-8-26-17/h5-6,10-12,17,26-27,29H,2-4,7-9,13H2,1H3. The molecule has 0 radical (unpaired) electrons. The summed E-state index contributed by atoms with van der Waals surface area (Å²) in [6.45, 7) is 2.74. The summed E-state index contributed by atoms with van der Waals surface area (Å²) in [5, 5.41) is 17.2. The molecule has 3 rings (SSSR count). The summed E-state index contributed by atoms with van der Waals surface area (Å²) in [7, 11) is 0. The molecule has 0 aliphatic carbocycles. The molecule has 1 saturated heterocycles. The number of piperidine rings is 1. The Morgan fingerprint density at radius 2 is 2.03 bits per heavy atom. The summed E-state index contributed by atoms with van der Waals surface area (Å²) in [5.41, 5.74) is 1.23. The maximum Gasteiger partial charge on any atom is 0.341 e. The maximum atomic E-state index is 12.6. The van der Waals surface area contributed by atoms with Crippen LogP contribution in [0.15, 0.2) is 30.3 Å². The van der Waals surface area contributed by atoms with E-state index in [1.807, 2.05) is 0 Å². The number of ether oxygens (including phenoxy) is 2. The van der Waals surface area contributed by atoms with Gasteiger partial charge in [0.2, 0.25) is 0 Å². The molecule has 1 aliphatic rings. The van der Waals surface area contributed by atoms with Gasteiger partial charge in [-0.25, -0.2) is 4.79 Å². The van der Waals surface area contributed by atoms with Crippen LogP contribution >= 0.6 is 23.2 Å². The monoisotopic (exact) mass is 480 g/mol. The van der Waals surface area contributed by atoms with Crippen LogP contribution < -0.4 is 15.4 Å². The van der Waals surface area contributed by atoms with Crippen molar-refractivity contribution < 1.29 is 24.2 Å². The number of hydrogen-bond donors (Lipinski definition) is 3. The first kappa shape index (κ1) is 24.2. The van der Waals surface area contributed by atoms with Crippen molar-refractivity contribution in [1.82, 2.24) is 5.32 Å². The van der Waals surface area contributed by atoms with Crippen LogP contribution in [0.5, 0.6) is 11.5 Å². The first-order chi connectivity index (χ1) is 15.3. The van der Waals surface area contributed by atoms with Crippen LogP contribution in [0.1, 0.15) is 48.5 Å². The van der Waals surface area contributed by atoms with E-state index in [1.165, 1.54) is 38.0 Å². The lowest BCUT2D eigenvalue weighted by Gasteiger charge is -2.23. The Morgan fingerprint density at radius 3 is 2.75 bits per heavy atom. The molecule has 2 aromatic carbocycles. The third kappa shape index (κ3) is 6.76. The summed E-state index contributed by atoms with van der Waals surface area (Å²) in [4.78, 5) is 24.1. The summed E-state index contributed by atoms with van der Waals surface area (Å²) in [6, 6.07) is 8.13. The second kappa shape index (κ2) is 11.4. The number of carbonyl (C=O) groups excluding carboxylic acids is 2. The van der Waals surface area contributed by atoms with Crippen LogP contribution in [-0.4, -0.2) is 36.2 Å². The smallest absolute Gasteiger partial charge is 0.341 e. The summed E-state index contributed by atoms with van der Waals surface area (Å²) < 4.78 is 10.6. The predicted octanol–water partition coefficient (Wildman–Crippen LogP) is 4.93. The van der Waals surface area contributed by atoms with Crippen LogP contribution in [0.25, 0.3) is 0 Å². The van der Waals surface area contributed by atoms with Crippen molar-refractivity contribution in [2.75, 3.05) is 18.5 Å². The highest BCUT2D eigenvalue weighted by molar-refractivity contribution is 6.35. The van der Waals surface area contributed by atoms with E-state index in [2.05, 4.69) is 10.6 Å². The highest BCUT2D eigenvalue weighted by Crippen LogP contribution is 2.32. The predicted molar refractivity (Wildman–Crippen MR) is 124 cm³/mol. The van der Waals surface area contributed by atoms with E-state index < -0.39 is 11.9 Å². The number of rotatable bonds is 8. The van der Waals surface area contributed by atoms with Crippen molar-refractivity contribution in [1.29, 1.82) is 0 Å². The fourth-order valence-corrected chi connectivity index (χ4v) is 4.07. The quantitative estimate of drug-likeness (QED) is 0.364. The summed E-state index contributed by atoms with van der Waals surface area (Å²) in [6.07, 6.45) is 4.16. The van der Waals surface area contributed by atoms with Gasteiger partial charge in [0.05, 0.1) is 11.6 Å². The third-order valence-corrected chi connectivity index (χ3v) is 5.66. The van der Waals surface area contributed by atoms with Gasteiger partial charge in [-0.1, -0.05) is 29.6 Å². The molecule has 0 aromatic heterocycles. The molecule has 1 heterocycles. The van der Waals surface area contributed by atoms with Crippen molar-refractivity contribution in [3.05, 3.63) is 51.5 Å². The first-order valence-corrected chi connectivity index (χ1v) is 11.2. The Morgan fingerprint density at radius 1 is 1.22 bits per heavy atom. The molecule has 1 atom stereocenters. The molecule has 0 spiro atoms. The topological polar surface area (TPSA) is 96.9 Å². The Hall–Kier alpha value is -2.48. The SMILES string of the molecule is CC(=O)Oc1cc(NCc2cc(Cl)cc(Cl)c2O)ccc1C(=O)OCCC1CCCCN1. The number of benzene rings is 2. The number of aromatic hydroxyl groups is 1. The zero-order valence-corrected chi connectivity index (χ0v) is 19.3. The van der Waals surface area contributed by atoms with E-state index in [4.69, 9.17) is 32.7 Å². The van der Waals surface area contributed by atoms with Gasteiger partial charge in [-0.3, -0.25) is 4.79 Å². The highest BCUT2D eigenvalue weighted by Gasteiger charge is 2.18. The van der Waals surface area contributed by atoms with Crippen molar-refractivity contribution in [2.45, 2.75) is 45.2 Å². The van der Waals surface area contributed by atoms with Crippen LogP contribution in [-0.2, 0) is 16.1 Å². The molecule has 172 valence electrons. The largest absolute Gasteiger partial charge is 0.506 e. The maximum absolute atomic E-state index is 12.6. The lowest BCUT2D eigenvalue weighted by Crippen LogP contribution is -2.35. The Kier molecular flexibility index (Phi) is 8.61. The Labute approximate surface area is 197 Å². The summed E-state index contributed by atoms with van der Waals surface area (Å²) >= 11 is 12.0. The minimum absolute atomic E-state index is 0.0728. The van der Waals surface area contributed by atoms with E-state index in [9.17, 15) is 14.7 Å². The zero-order valence-electron chi connectivity index (χ0n) is 17.7. The molecule has 0 saturated carbocycles. The fraction of sp³-hybridized carbons (Fsp3) is 0.391. The number of esters is 2. The van der Waals surface area contributed by atoms with Gasteiger partial charge in [0.1, 0.15) is 17.1 Å². The van der Waals surface area contributed by atoms with Crippen LogP contribution in [0.3, 0.4) is 0 Å². The number of halogens is 2. The van der Waals surface area contributed by atoms with Crippen LogP contribution in [0.4, 0.5) is 5.69 Å². The third-order valence-electron chi connectivity index (χ3n) is 5.16. The second-order valence-electron chi connectivity index (χ2n) is 7.62. The van der Waals surface area contributed by atoms with Crippen LogP contribution in [0.2, 0.25) is 10.0 Å². The minimum atomic E-state index is -0.554. The van der Waals surface area contributed by atoms with Crippen LogP contribution in [0, 0.1) is 0 Å². The number of carbonyl (C=O) groups is 2. The van der Waals surface area contributed by atoms with Crippen molar-refractivity contribution in [3.63, 3.8) is 0 Å². The van der Waals surface area contributed by atoms with Gasteiger partial charge in [-0.2, -0.15) is 0 Å². The molecule has 2 aromatic rings. The molecular weight excluding hydrogens is 455 g/mol. The number of hydrogen-bond acceptors (Lipinski definition) is 7. The lowest BCUT2D eigenvalue weighted by atomic mass is 10.0. The molecular formula is C23H26Cl2N2O5. The van der Waals surface area contributed by atoms with E-state index >= 15 is 0 Å². The van der Waals surface area contributed by atoms with Gasteiger partial charge in [-0.15, -0.1) is 0 Å². The van der Waals surface area contributed by atoms with E-state index in [0.29, 0.717) is 22.3 Å². The highest BCUT2D eigenvalue weighted by atomic mass is 35.5. The fourth-order valence-electron chi connectivity index (χ4n) is 3.53. The molecule has 1 aliphatic heterocycles. The molecule has 32 heavy (non-hydrogen) atoms. The zero-order chi connectivity index (χ0) is 23.1. The number of phenols is 1. The molecule has 3 N–H and O–H groups in total. The molecule has 0 bridgehead atoms. The van der Waals surface area contributed by atoms with Crippen molar-refractivity contribution >= 4 is 40.8 Å². The van der Waals surface area contributed by atoms with Gasteiger partial charge in [0, 0.05) is 41.9 Å². The Balaban J connectivity index is 1.66. The van der Waals surface area contributed by atoms with Gasteiger partial charge < -0.3 is 25.2 Å². The van der Waals surface area contributed by atoms with Gasteiger partial charge >= 0.3 is 11.9 Å².